The quantitative estimate of drug-likeness (QED) is 0.473. The Bertz CT molecular complexity index is 1450. The lowest BCUT2D eigenvalue weighted by Crippen LogP contribution is -2.63. The summed E-state index contributed by atoms with van der Waals surface area (Å²) >= 11 is 0. The Balaban J connectivity index is 1.23. The fourth-order valence-electron chi connectivity index (χ4n) is 9.58. The molecule has 6 heteroatoms. The molecule has 3 saturated carbocycles. The Morgan fingerprint density at radius 1 is 1.15 bits per heavy atom. The summed E-state index contributed by atoms with van der Waals surface area (Å²) in [6.45, 7) is 6.30. The molecular weight excluding hydrogens is 516 g/mol. The monoisotopic (exact) mass is 556 g/mol. The minimum Gasteiger partial charge on any atom is -0.485 e. The molecule has 0 aromatic heterocycles. The summed E-state index contributed by atoms with van der Waals surface area (Å²) in [5.41, 5.74) is -1.03. The van der Waals surface area contributed by atoms with Gasteiger partial charge in [-0.2, -0.15) is 0 Å². The van der Waals surface area contributed by atoms with E-state index in [9.17, 15) is 14.7 Å². The molecule has 1 N–H and O–H groups in total. The van der Waals surface area contributed by atoms with Crippen LogP contribution < -0.4 is 4.74 Å². The Morgan fingerprint density at radius 2 is 1.95 bits per heavy atom. The van der Waals surface area contributed by atoms with E-state index in [2.05, 4.69) is 20.8 Å². The van der Waals surface area contributed by atoms with Crippen LogP contribution in [-0.2, 0) is 19.1 Å². The number of ether oxygens (including phenoxy) is 3. The number of hydrogen-bond donors (Lipinski definition) is 1. The molecule has 1 saturated heterocycles. The number of aliphatic hydroxyl groups excluding tert-OH is 1. The lowest BCUT2D eigenvalue weighted by molar-refractivity contribution is -0.200. The van der Waals surface area contributed by atoms with Crippen LogP contribution in [-0.4, -0.2) is 47.4 Å². The third kappa shape index (κ3) is 3.80. The van der Waals surface area contributed by atoms with Crippen LogP contribution in [0.15, 0.2) is 66.3 Å². The number of ketones is 2. The second-order valence-corrected chi connectivity index (χ2v) is 13.3. The summed E-state index contributed by atoms with van der Waals surface area (Å²) in [5.74, 6) is 0.921. The number of hydrogen-bond acceptors (Lipinski definition) is 6. The molecule has 0 bridgehead atoms. The van der Waals surface area contributed by atoms with Crippen LogP contribution in [0.1, 0.15) is 59.3 Å². The van der Waals surface area contributed by atoms with Crippen molar-refractivity contribution in [3.8, 4) is 5.75 Å². The molecule has 4 fully saturated rings. The van der Waals surface area contributed by atoms with E-state index in [0.717, 1.165) is 48.4 Å². The molecule has 2 aromatic rings. The number of rotatable bonds is 6. The van der Waals surface area contributed by atoms with E-state index >= 15 is 0 Å². The number of carbonyl (C=O) groups is 2. The summed E-state index contributed by atoms with van der Waals surface area (Å²) in [4.78, 5) is 26.7. The molecule has 4 aliphatic carbocycles. The van der Waals surface area contributed by atoms with Crippen molar-refractivity contribution in [3.63, 3.8) is 0 Å². The van der Waals surface area contributed by atoms with Crippen molar-refractivity contribution < 1.29 is 28.9 Å². The second kappa shape index (κ2) is 9.62. The largest absolute Gasteiger partial charge is 0.485 e. The third-order valence-electron chi connectivity index (χ3n) is 11.3. The van der Waals surface area contributed by atoms with Crippen LogP contribution in [0.5, 0.6) is 5.75 Å². The number of Topliss-reactive ketones (excluding diaryl/α,β-unsaturated/α-hetero) is 1. The van der Waals surface area contributed by atoms with Gasteiger partial charge in [0.25, 0.3) is 0 Å². The van der Waals surface area contributed by atoms with Crippen molar-refractivity contribution in [1.29, 1.82) is 0 Å². The van der Waals surface area contributed by atoms with E-state index in [-0.39, 0.29) is 47.4 Å². The van der Waals surface area contributed by atoms with Crippen molar-refractivity contribution in [3.05, 3.63) is 66.3 Å². The summed E-state index contributed by atoms with van der Waals surface area (Å²) in [7, 11) is 0. The predicted octanol–water partition coefficient (Wildman–Crippen LogP) is 5.96. The molecule has 7 unspecified atom stereocenters. The molecule has 6 nitrogen and oxygen atoms in total. The zero-order valence-corrected chi connectivity index (χ0v) is 24.2. The van der Waals surface area contributed by atoms with Crippen LogP contribution in [0.3, 0.4) is 0 Å². The van der Waals surface area contributed by atoms with Crippen molar-refractivity contribution in [2.24, 2.45) is 28.6 Å². The Kier molecular flexibility index (Phi) is 6.35. The lowest BCUT2D eigenvalue weighted by atomic mass is 9.46. The Morgan fingerprint density at radius 3 is 2.78 bits per heavy atom. The number of aliphatic hydroxyl groups is 1. The van der Waals surface area contributed by atoms with Gasteiger partial charge in [-0.1, -0.05) is 75.2 Å². The predicted molar refractivity (Wildman–Crippen MR) is 155 cm³/mol. The highest BCUT2D eigenvalue weighted by Gasteiger charge is 2.75. The molecule has 9 atom stereocenters. The fourth-order valence-corrected chi connectivity index (χ4v) is 9.58. The van der Waals surface area contributed by atoms with Gasteiger partial charge in [0, 0.05) is 22.1 Å². The molecule has 41 heavy (non-hydrogen) atoms. The van der Waals surface area contributed by atoms with Gasteiger partial charge in [0.05, 0.1) is 12.2 Å². The number of carbonyl (C=O) groups excluding carboxylic acids is 2. The fraction of sp³-hybridized carbons (Fsp3) is 0.543. The molecule has 1 aliphatic heterocycles. The van der Waals surface area contributed by atoms with E-state index in [1.54, 1.807) is 12.2 Å². The highest BCUT2D eigenvalue weighted by atomic mass is 16.7. The SMILES string of the molecule is CCCC1O[C@@H]2CC3C4CCC5=CC(=O)C=CC5(C)C4C(O)CC3(C)[C@]2(C(=O)COc2cccc3ccccc23)O1. The van der Waals surface area contributed by atoms with Gasteiger partial charge >= 0.3 is 0 Å². The van der Waals surface area contributed by atoms with Gasteiger partial charge in [-0.25, -0.2) is 0 Å². The molecule has 0 amide bonds. The number of allylic oxidation sites excluding steroid dienone is 4. The van der Waals surface area contributed by atoms with Crippen molar-refractivity contribution >= 4 is 22.3 Å². The molecule has 0 spiro atoms. The topological polar surface area (TPSA) is 82.1 Å². The van der Waals surface area contributed by atoms with Gasteiger partial charge in [-0.05, 0) is 67.5 Å². The van der Waals surface area contributed by atoms with Gasteiger partial charge in [-0.3, -0.25) is 9.59 Å². The molecule has 1 heterocycles. The van der Waals surface area contributed by atoms with Gasteiger partial charge in [0.1, 0.15) is 12.4 Å². The van der Waals surface area contributed by atoms with E-state index < -0.39 is 23.4 Å². The smallest absolute Gasteiger partial charge is 0.205 e. The summed E-state index contributed by atoms with van der Waals surface area (Å²) in [6, 6.07) is 13.9. The average molecular weight is 557 g/mol. The highest BCUT2D eigenvalue weighted by molar-refractivity contribution is 6.01. The van der Waals surface area contributed by atoms with Gasteiger partial charge in [0.15, 0.2) is 17.7 Å². The van der Waals surface area contributed by atoms with E-state index in [0.29, 0.717) is 12.2 Å². The third-order valence-corrected chi connectivity index (χ3v) is 11.3. The van der Waals surface area contributed by atoms with Gasteiger partial charge in [0.2, 0.25) is 5.78 Å². The first kappa shape index (κ1) is 27.1. The van der Waals surface area contributed by atoms with Crippen molar-refractivity contribution in [2.75, 3.05) is 6.61 Å². The maximum absolute atomic E-state index is 14.5. The maximum atomic E-state index is 14.5. The molecule has 7 rings (SSSR count). The van der Waals surface area contributed by atoms with Crippen LogP contribution in [0, 0.1) is 28.6 Å². The normalized spacial score (nSPS) is 40.9. The van der Waals surface area contributed by atoms with Gasteiger partial charge in [-0.15, -0.1) is 0 Å². The van der Waals surface area contributed by atoms with Crippen molar-refractivity contribution in [2.45, 2.75) is 83.4 Å². The molecule has 2 aromatic carbocycles. The van der Waals surface area contributed by atoms with Crippen LogP contribution in [0.25, 0.3) is 10.8 Å². The Labute approximate surface area is 241 Å². The summed E-state index contributed by atoms with van der Waals surface area (Å²) in [5, 5.41) is 13.9. The van der Waals surface area contributed by atoms with Crippen LogP contribution >= 0.6 is 0 Å². The Hall–Kier alpha value is -2.80. The van der Waals surface area contributed by atoms with Gasteiger partial charge < -0.3 is 19.3 Å². The second-order valence-electron chi connectivity index (χ2n) is 13.3. The molecule has 216 valence electrons. The first-order chi connectivity index (χ1) is 19.7. The maximum Gasteiger partial charge on any atom is 0.205 e. The van der Waals surface area contributed by atoms with E-state index in [4.69, 9.17) is 14.2 Å². The van der Waals surface area contributed by atoms with Crippen LogP contribution in [0.2, 0.25) is 0 Å². The minimum atomic E-state index is -1.18. The van der Waals surface area contributed by atoms with E-state index in [1.165, 1.54) is 0 Å². The van der Waals surface area contributed by atoms with E-state index in [1.807, 2.05) is 48.5 Å². The molecular formula is C35H40O6. The zero-order chi connectivity index (χ0) is 28.6. The zero-order valence-electron chi connectivity index (χ0n) is 24.2. The highest BCUT2D eigenvalue weighted by Crippen LogP contribution is 2.69. The number of fused-ring (bicyclic) bond motifs is 8. The summed E-state index contributed by atoms with van der Waals surface area (Å²) in [6.07, 6.45) is 8.48. The molecule has 0 radical (unpaired) electrons. The average Bonchev–Trinajstić information content (AvgIpc) is 3.44. The van der Waals surface area contributed by atoms with Crippen LogP contribution in [0.4, 0.5) is 0 Å². The number of benzene rings is 2. The minimum absolute atomic E-state index is 0.0192. The van der Waals surface area contributed by atoms with Crippen molar-refractivity contribution in [1.82, 2.24) is 0 Å². The standard InChI is InChI=1S/C35H40O6/c1-4-8-31-40-30-18-26-25-14-13-22-17-23(36)15-16-33(22,2)32(25)27(37)19-34(26,3)35(30,41-31)29(38)20-39-28-12-7-10-21-9-5-6-11-24(21)28/h5-7,9-12,15-17,25-27,30-32,37H,4,8,13-14,18-20H2,1-3H3/t25?,26?,27?,30-,31?,32?,33?,34?,35-/m1/s1. The molecule has 5 aliphatic rings. The summed E-state index contributed by atoms with van der Waals surface area (Å²) < 4.78 is 19.6. The first-order valence-electron chi connectivity index (χ1n) is 15.3. The first-order valence-corrected chi connectivity index (χ1v) is 15.3. The lowest BCUT2D eigenvalue weighted by Gasteiger charge is -2.59.